The van der Waals surface area contributed by atoms with Gasteiger partial charge < -0.3 is 15.2 Å². The van der Waals surface area contributed by atoms with Gasteiger partial charge in [0.2, 0.25) is 0 Å². The number of nitrogens with zero attached hydrogens (tertiary/aromatic N) is 3. The molecule has 2 N–H and O–H groups in total. The number of piperazine rings is 1. The molecule has 0 atom stereocenters. The number of carbonyl (C=O) groups is 1. The number of amides is 1. The maximum absolute atomic E-state index is 11.8. The third kappa shape index (κ3) is 4.78. The number of anilines is 1. The minimum Gasteiger partial charge on any atom is -0.368 e. The highest BCUT2D eigenvalue weighted by molar-refractivity contribution is 5.92. The van der Waals surface area contributed by atoms with E-state index in [4.69, 9.17) is 0 Å². The van der Waals surface area contributed by atoms with Crippen LogP contribution in [0.15, 0.2) is 35.3 Å². The lowest BCUT2D eigenvalue weighted by molar-refractivity contribution is 0.0958. The fourth-order valence-corrected chi connectivity index (χ4v) is 3.10. The van der Waals surface area contributed by atoms with Crippen LogP contribution in [0.1, 0.15) is 28.7 Å². The van der Waals surface area contributed by atoms with Crippen LogP contribution in [0.3, 0.4) is 0 Å². The lowest BCUT2D eigenvalue weighted by atomic mass is 10.2. The minimum atomic E-state index is -0.180. The van der Waals surface area contributed by atoms with Crippen molar-refractivity contribution in [2.75, 3.05) is 44.7 Å². The van der Waals surface area contributed by atoms with Crippen LogP contribution in [-0.4, -0.2) is 60.5 Å². The molecule has 0 bridgehead atoms. The first-order valence-electron chi connectivity index (χ1n) is 9.47. The molecule has 3 rings (SSSR count). The summed E-state index contributed by atoms with van der Waals surface area (Å²) >= 11 is 0. The monoisotopic (exact) mass is 379 g/mol. The molecule has 1 aliphatic heterocycles. The Morgan fingerprint density at radius 1 is 1.21 bits per heavy atom. The summed E-state index contributed by atoms with van der Waals surface area (Å²) in [5.41, 5.74) is 2.82. The summed E-state index contributed by atoms with van der Waals surface area (Å²) in [4.78, 5) is 35.0. The van der Waals surface area contributed by atoms with Gasteiger partial charge in [-0.2, -0.15) is 0 Å². The van der Waals surface area contributed by atoms with Gasteiger partial charge in [0.05, 0.1) is 24.1 Å². The van der Waals surface area contributed by atoms with Gasteiger partial charge in [0.25, 0.3) is 11.5 Å². The minimum absolute atomic E-state index is 0.0565. The number of aryl methyl sites for hydroxylation is 1. The van der Waals surface area contributed by atoms with Crippen LogP contribution >= 0.6 is 0 Å². The van der Waals surface area contributed by atoms with Gasteiger partial charge in [-0.15, -0.1) is 0 Å². The predicted octanol–water partition coefficient (Wildman–Crippen LogP) is 0.866. The molecule has 0 aromatic carbocycles. The number of pyridine rings is 2. The fraction of sp³-hybridized carbons (Fsp3) is 0.381. The predicted molar refractivity (Wildman–Crippen MR) is 110 cm³/mol. The molecule has 3 heterocycles. The third-order valence-corrected chi connectivity index (χ3v) is 4.84. The lowest BCUT2D eigenvalue weighted by Crippen LogP contribution is -2.46. The van der Waals surface area contributed by atoms with Crippen LogP contribution in [0.4, 0.5) is 5.69 Å². The first kappa shape index (κ1) is 19.6. The topological polar surface area (TPSA) is 81.3 Å². The Hall–Kier alpha value is -3.11. The van der Waals surface area contributed by atoms with Crippen LogP contribution in [0.2, 0.25) is 0 Å². The van der Waals surface area contributed by atoms with Gasteiger partial charge in [0.1, 0.15) is 5.69 Å². The van der Waals surface area contributed by atoms with Crippen molar-refractivity contribution >= 4 is 11.6 Å². The smallest absolute Gasteiger partial charge is 0.269 e. The van der Waals surface area contributed by atoms with Gasteiger partial charge in [-0.05, 0) is 30.5 Å². The Kier molecular flexibility index (Phi) is 6.45. The Morgan fingerprint density at radius 3 is 2.61 bits per heavy atom. The number of hydrogen-bond donors (Lipinski definition) is 2. The molecule has 1 amide bonds. The normalized spacial score (nSPS) is 14.3. The Bertz CT molecular complexity index is 932. The molecular weight excluding hydrogens is 354 g/mol. The van der Waals surface area contributed by atoms with Crippen LogP contribution in [0.5, 0.6) is 0 Å². The molecule has 1 fully saturated rings. The van der Waals surface area contributed by atoms with E-state index < -0.39 is 0 Å². The number of aromatic nitrogens is 2. The zero-order valence-electron chi connectivity index (χ0n) is 16.3. The molecule has 0 spiro atoms. The second kappa shape index (κ2) is 9.20. The summed E-state index contributed by atoms with van der Waals surface area (Å²) in [6.45, 7) is 6.19. The van der Waals surface area contributed by atoms with E-state index in [1.54, 1.807) is 19.3 Å². The van der Waals surface area contributed by atoms with Crippen LogP contribution in [-0.2, 0) is 6.42 Å². The second-order valence-electron chi connectivity index (χ2n) is 6.63. The maximum atomic E-state index is 11.8. The SMILES string of the molecule is CCc1ccc(C#CCN2CCN(c3ccc(C(=O)NC)nc3)CC2)[nH]c1=O. The summed E-state index contributed by atoms with van der Waals surface area (Å²) in [6, 6.07) is 7.38. The fourth-order valence-electron chi connectivity index (χ4n) is 3.10. The molecular formula is C21H25N5O2. The first-order chi connectivity index (χ1) is 13.6. The summed E-state index contributed by atoms with van der Waals surface area (Å²) in [5, 5.41) is 2.57. The van der Waals surface area contributed by atoms with Gasteiger partial charge in [-0.25, -0.2) is 4.98 Å². The molecule has 1 aliphatic rings. The highest BCUT2D eigenvalue weighted by atomic mass is 16.1. The van der Waals surface area contributed by atoms with E-state index in [0.29, 0.717) is 17.9 Å². The summed E-state index contributed by atoms with van der Waals surface area (Å²) in [7, 11) is 1.60. The molecule has 0 saturated carbocycles. The van der Waals surface area contributed by atoms with Crippen molar-refractivity contribution in [1.82, 2.24) is 20.2 Å². The number of aromatic amines is 1. The zero-order valence-corrected chi connectivity index (χ0v) is 16.3. The molecule has 0 radical (unpaired) electrons. The van der Waals surface area contributed by atoms with Crippen LogP contribution in [0, 0.1) is 11.8 Å². The van der Waals surface area contributed by atoms with Crippen molar-refractivity contribution in [3.63, 3.8) is 0 Å². The molecule has 2 aromatic heterocycles. The summed E-state index contributed by atoms with van der Waals surface area (Å²) < 4.78 is 0. The van der Waals surface area contributed by atoms with Gasteiger partial charge in [-0.3, -0.25) is 14.5 Å². The van der Waals surface area contributed by atoms with Crippen molar-refractivity contribution in [2.24, 2.45) is 0 Å². The number of rotatable bonds is 4. The third-order valence-electron chi connectivity index (χ3n) is 4.84. The van der Waals surface area contributed by atoms with Crippen molar-refractivity contribution in [1.29, 1.82) is 0 Å². The van der Waals surface area contributed by atoms with E-state index >= 15 is 0 Å². The molecule has 2 aromatic rings. The van der Waals surface area contributed by atoms with E-state index in [2.05, 4.69) is 36.9 Å². The molecule has 7 heteroatoms. The molecule has 28 heavy (non-hydrogen) atoms. The average Bonchev–Trinajstić information content (AvgIpc) is 2.74. The van der Waals surface area contributed by atoms with Gasteiger partial charge >= 0.3 is 0 Å². The second-order valence-corrected chi connectivity index (χ2v) is 6.63. The first-order valence-corrected chi connectivity index (χ1v) is 9.47. The summed E-state index contributed by atoms with van der Waals surface area (Å²) in [6.07, 6.45) is 2.47. The highest BCUT2D eigenvalue weighted by Crippen LogP contribution is 2.15. The van der Waals surface area contributed by atoms with E-state index in [0.717, 1.165) is 43.9 Å². The van der Waals surface area contributed by atoms with Crippen molar-refractivity contribution in [2.45, 2.75) is 13.3 Å². The molecule has 7 nitrogen and oxygen atoms in total. The van der Waals surface area contributed by atoms with Crippen LogP contribution in [0.25, 0.3) is 0 Å². The quantitative estimate of drug-likeness (QED) is 0.771. The Balaban J connectivity index is 1.51. The Labute approximate surface area is 164 Å². The molecule has 0 aliphatic carbocycles. The van der Waals surface area contributed by atoms with Gasteiger partial charge in [0, 0.05) is 38.8 Å². The average molecular weight is 379 g/mol. The van der Waals surface area contributed by atoms with Crippen molar-refractivity contribution in [3.8, 4) is 11.8 Å². The van der Waals surface area contributed by atoms with E-state index in [-0.39, 0.29) is 11.5 Å². The van der Waals surface area contributed by atoms with E-state index in [1.807, 2.05) is 25.1 Å². The van der Waals surface area contributed by atoms with Crippen LogP contribution < -0.4 is 15.8 Å². The highest BCUT2D eigenvalue weighted by Gasteiger charge is 2.17. The zero-order chi connectivity index (χ0) is 19.9. The lowest BCUT2D eigenvalue weighted by Gasteiger charge is -2.35. The number of nitrogens with one attached hydrogen (secondary N) is 2. The molecule has 1 saturated heterocycles. The molecule has 0 unspecified atom stereocenters. The maximum Gasteiger partial charge on any atom is 0.269 e. The number of carbonyl (C=O) groups excluding carboxylic acids is 1. The summed E-state index contributed by atoms with van der Waals surface area (Å²) in [5.74, 6) is 6.01. The number of hydrogen-bond acceptors (Lipinski definition) is 5. The van der Waals surface area contributed by atoms with Crippen molar-refractivity contribution in [3.05, 3.63) is 57.8 Å². The van der Waals surface area contributed by atoms with E-state index in [9.17, 15) is 9.59 Å². The van der Waals surface area contributed by atoms with E-state index in [1.165, 1.54) is 0 Å². The Morgan fingerprint density at radius 2 is 2.00 bits per heavy atom. The standard InChI is InChI=1S/C21H25N5O2/c1-3-16-6-7-17(24-20(16)27)5-4-10-25-11-13-26(14-12-25)18-8-9-19(23-15-18)21(28)22-2/h6-9,15H,3,10-14H2,1-2H3,(H,22,28)(H,24,27). The molecule has 146 valence electrons. The number of H-pyrrole nitrogens is 1. The van der Waals surface area contributed by atoms with Gasteiger partial charge in [0.15, 0.2) is 0 Å². The van der Waals surface area contributed by atoms with Crippen molar-refractivity contribution < 1.29 is 4.79 Å². The van der Waals surface area contributed by atoms with Gasteiger partial charge in [-0.1, -0.05) is 18.9 Å². The largest absolute Gasteiger partial charge is 0.368 e.